The fraction of sp³-hybridized carbons (Fsp3) is 0.529. The molecule has 0 amide bonds. The van der Waals surface area contributed by atoms with Crippen molar-refractivity contribution in [3.05, 3.63) is 35.7 Å². The highest BCUT2D eigenvalue weighted by molar-refractivity contribution is 5.86. The molecule has 2 atom stereocenters. The predicted octanol–water partition coefficient (Wildman–Crippen LogP) is 3.68. The van der Waals surface area contributed by atoms with Gasteiger partial charge in [-0.05, 0) is 26.3 Å². The maximum absolute atomic E-state index is 4.54. The van der Waals surface area contributed by atoms with Crippen LogP contribution in [0, 0.1) is 12.8 Å². The minimum absolute atomic E-state index is 0.368. The second-order valence-electron chi connectivity index (χ2n) is 5.83. The molecule has 20 heavy (non-hydrogen) atoms. The Morgan fingerprint density at radius 3 is 2.30 bits per heavy atom. The van der Waals surface area contributed by atoms with E-state index in [4.69, 9.17) is 0 Å². The highest BCUT2D eigenvalue weighted by Crippen LogP contribution is 2.32. The highest BCUT2D eigenvalue weighted by Gasteiger charge is 2.26. The number of nitrogens with one attached hydrogen (secondary N) is 1. The van der Waals surface area contributed by atoms with Crippen molar-refractivity contribution in [2.45, 2.75) is 46.6 Å². The van der Waals surface area contributed by atoms with Gasteiger partial charge in [0.15, 0.2) is 0 Å². The number of aryl methyl sites for hydroxylation is 1. The molecular formula is C17H25N3. The number of aromatic nitrogens is 2. The fourth-order valence-electron chi connectivity index (χ4n) is 3.08. The first-order chi connectivity index (χ1) is 9.56. The summed E-state index contributed by atoms with van der Waals surface area (Å²) >= 11 is 0. The lowest BCUT2D eigenvalue weighted by Crippen LogP contribution is -2.35. The topological polar surface area (TPSA) is 37.8 Å². The second kappa shape index (κ2) is 6.31. The number of hydrogen-bond acceptors (Lipinski definition) is 3. The van der Waals surface area contributed by atoms with Crippen LogP contribution in [0.4, 0.5) is 0 Å². The normalized spacial score (nSPS) is 14.7. The Morgan fingerprint density at radius 2 is 1.70 bits per heavy atom. The van der Waals surface area contributed by atoms with E-state index in [1.165, 1.54) is 10.8 Å². The number of nitrogens with zero attached hydrogens (tertiary/aromatic N) is 2. The van der Waals surface area contributed by atoms with E-state index in [9.17, 15) is 0 Å². The first-order valence-corrected chi connectivity index (χ1v) is 7.51. The van der Waals surface area contributed by atoms with Gasteiger partial charge in [-0.15, -0.1) is 0 Å². The van der Waals surface area contributed by atoms with E-state index in [0.29, 0.717) is 17.9 Å². The molecule has 3 nitrogen and oxygen atoms in total. The highest BCUT2D eigenvalue weighted by atomic mass is 15.1. The Kier molecular flexibility index (Phi) is 4.71. The minimum Gasteiger partial charge on any atom is -0.314 e. The quantitative estimate of drug-likeness (QED) is 0.901. The van der Waals surface area contributed by atoms with Crippen molar-refractivity contribution >= 4 is 10.8 Å². The largest absolute Gasteiger partial charge is 0.314 e. The van der Waals surface area contributed by atoms with Gasteiger partial charge in [0.2, 0.25) is 0 Å². The summed E-state index contributed by atoms with van der Waals surface area (Å²) in [5.41, 5.74) is 2.12. The van der Waals surface area contributed by atoms with Crippen molar-refractivity contribution in [3.63, 3.8) is 0 Å². The van der Waals surface area contributed by atoms with Crippen molar-refractivity contribution < 1.29 is 0 Å². The van der Waals surface area contributed by atoms with Crippen LogP contribution < -0.4 is 5.32 Å². The predicted molar refractivity (Wildman–Crippen MR) is 85.0 cm³/mol. The van der Waals surface area contributed by atoms with Gasteiger partial charge < -0.3 is 5.32 Å². The summed E-state index contributed by atoms with van der Waals surface area (Å²) in [5.74, 6) is 0.886. The average Bonchev–Trinajstić information content (AvgIpc) is 2.42. The van der Waals surface area contributed by atoms with Crippen molar-refractivity contribution in [2.75, 3.05) is 6.54 Å². The van der Waals surface area contributed by atoms with Gasteiger partial charge in [-0.2, -0.15) is 10.2 Å². The van der Waals surface area contributed by atoms with E-state index in [2.05, 4.69) is 67.5 Å². The first-order valence-electron chi connectivity index (χ1n) is 7.51. The van der Waals surface area contributed by atoms with E-state index < -0.39 is 0 Å². The Labute approximate surface area is 121 Å². The molecule has 1 N–H and O–H groups in total. The van der Waals surface area contributed by atoms with Gasteiger partial charge in [0.05, 0.1) is 11.4 Å². The van der Waals surface area contributed by atoms with Gasteiger partial charge in [0.25, 0.3) is 0 Å². The Bertz CT molecular complexity index is 577. The van der Waals surface area contributed by atoms with E-state index in [-0.39, 0.29) is 0 Å². The molecule has 0 aliphatic carbocycles. The van der Waals surface area contributed by atoms with Crippen molar-refractivity contribution in [3.8, 4) is 0 Å². The summed E-state index contributed by atoms with van der Waals surface area (Å²) in [6.45, 7) is 11.9. The summed E-state index contributed by atoms with van der Waals surface area (Å²) in [7, 11) is 0. The Hall–Kier alpha value is -1.48. The van der Waals surface area contributed by atoms with Gasteiger partial charge in [-0.25, -0.2) is 0 Å². The molecule has 2 rings (SSSR count). The molecule has 2 unspecified atom stereocenters. The SMILES string of the molecule is CCNC(C)C(c1nnc(C)c2ccccc12)C(C)C. The Morgan fingerprint density at radius 1 is 1.05 bits per heavy atom. The summed E-state index contributed by atoms with van der Waals surface area (Å²) in [6.07, 6.45) is 0. The average molecular weight is 271 g/mol. The van der Waals surface area contributed by atoms with E-state index in [1.54, 1.807) is 0 Å². The minimum atomic E-state index is 0.368. The molecule has 0 radical (unpaired) electrons. The smallest absolute Gasteiger partial charge is 0.0758 e. The molecule has 1 heterocycles. The van der Waals surface area contributed by atoms with Crippen LogP contribution >= 0.6 is 0 Å². The molecule has 0 aliphatic heterocycles. The molecule has 0 saturated carbocycles. The van der Waals surface area contributed by atoms with Crippen molar-refractivity contribution in [2.24, 2.45) is 5.92 Å². The van der Waals surface area contributed by atoms with Crippen LogP contribution in [0.5, 0.6) is 0 Å². The molecule has 2 aromatic rings. The maximum atomic E-state index is 4.54. The molecule has 1 aromatic carbocycles. The van der Waals surface area contributed by atoms with E-state index in [1.807, 2.05) is 6.92 Å². The zero-order chi connectivity index (χ0) is 14.7. The number of likely N-dealkylation sites (N-methyl/N-ethyl adjacent to an activating group) is 1. The van der Waals surface area contributed by atoms with Gasteiger partial charge in [0, 0.05) is 22.7 Å². The number of hydrogen-bond donors (Lipinski definition) is 1. The third-order valence-corrected chi connectivity index (χ3v) is 4.00. The van der Waals surface area contributed by atoms with Gasteiger partial charge in [0.1, 0.15) is 0 Å². The lowest BCUT2D eigenvalue weighted by atomic mass is 9.84. The third kappa shape index (κ3) is 2.83. The lowest BCUT2D eigenvalue weighted by molar-refractivity contribution is 0.376. The van der Waals surface area contributed by atoms with Crippen LogP contribution in [0.2, 0.25) is 0 Å². The second-order valence-corrected chi connectivity index (χ2v) is 5.83. The van der Waals surface area contributed by atoms with Crippen molar-refractivity contribution in [1.82, 2.24) is 15.5 Å². The molecule has 0 saturated heterocycles. The summed E-state index contributed by atoms with van der Waals surface area (Å²) in [6, 6.07) is 8.85. The van der Waals surface area contributed by atoms with Crippen LogP contribution in [0.3, 0.4) is 0 Å². The molecule has 0 spiro atoms. The molecule has 108 valence electrons. The van der Waals surface area contributed by atoms with Gasteiger partial charge >= 0.3 is 0 Å². The number of benzene rings is 1. The lowest BCUT2D eigenvalue weighted by Gasteiger charge is -2.28. The molecule has 0 aliphatic rings. The molecule has 1 aromatic heterocycles. The third-order valence-electron chi connectivity index (χ3n) is 4.00. The van der Waals surface area contributed by atoms with E-state index in [0.717, 1.165) is 17.9 Å². The van der Waals surface area contributed by atoms with Crippen LogP contribution in [0.1, 0.15) is 45.0 Å². The van der Waals surface area contributed by atoms with Gasteiger partial charge in [-0.1, -0.05) is 45.0 Å². The Balaban J connectivity index is 2.57. The first kappa shape index (κ1) is 14.9. The van der Waals surface area contributed by atoms with Crippen LogP contribution in [0.25, 0.3) is 10.8 Å². The maximum Gasteiger partial charge on any atom is 0.0758 e. The van der Waals surface area contributed by atoms with Crippen LogP contribution in [0.15, 0.2) is 24.3 Å². The summed E-state index contributed by atoms with van der Waals surface area (Å²) in [4.78, 5) is 0. The van der Waals surface area contributed by atoms with Gasteiger partial charge in [-0.3, -0.25) is 0 Å². The zero-order valence-electron chi connectivity index (χ0n) is 13.1. The van der Waals surface area contributed by atoms with E-state index >= 15 is 0 Å². The standard InChI is InChI=1S/C17H25N3/c1-6-18-13(5)16(11(2)3)17-15-10-8-7-9-14(15)12(4)19-20-17/h7-11,13,16,18H,6H2,1-5H3. The molecule has 3 heteroatoms. The zero-order valence-corrected chi connectivity index (χ0v) is 13.1. The monoisotopic (exact) mass is 271 g/mol. The van der Waals surface area contributed by atoms with Crippen LogP contribution in [-0.2, 0) is 0 Å². The summed E-state index contributed by atoms with van der Waals surface area (Å²) in [5, 5.41) is 14.9. The molecule has 0 bridgehead atoms. The fourth-order valence-corrected chi connectivity index (χ4v) is 3.08. The molecular weight excluding hydrogens is 246 g/mol. The summed E-state index contributed by atoms with van der Waals surface area (Å²) < 4.78 is 0. The number of rotatable bonds is 5. The van der Waals surface area contributed by atoms with Crippen LogP contribution in [-0.4, -0.2) is 22.8 Å². The number of fused-ring (bicyclic) bond motifs is 1. The molecule has 0 fully saturated rings. The van der Waals surface area contributed by atoms with Crippen molar-refractivity contribution in [1.29, 1.82) is 0 Å².